The van der Waals surface area contributed by atoms with Gasteiger partial charge in [-0.05, 0) is 31.0 Å². The number of aromatic nitrogens is 1. The molecule has 0 bridgehead atoms. The van der Waals surface area contributed by atoms with Gasteiger partial charge in [0.15, 0.2) is 5.78 Å². The molecule has 0 saturated heterocycles. The van der Waals surface area contributed by atoms with Crippen LogP contribution in [0.3, 0.4) is 0 Å². The largest absolute Gasteiger partial charge is 0.347 e. The maximum atomic E-state index is 12.5. The quantitative estimate of drug-likeness (QED) is 0.848. The minimum atomic E-state index is 0.176. The van der Waals surface area contributed by atoms with Crippen molar-refractivity contribution in [1.29, 1.82) is 0 Å². The van der Waals surface area contributed by atoms with Gasteiger partial charge >= 0.3 is 0 Å². The molecule has 0 aliphatic rings. The zero-order valence-electron chi connectivity index (χ0n) is 13.1. The Balaban J connectivity index is 2.50. The van der Waals surface area contributed by atoms with Gasteiger partial charge in [-0.3, -0.25) is 4.79 Å². The minimum Gasteiger partial charge on any atom is -0.347 e. The molecule has 0 amide bonds. The van der Waals surface area contributed by atoms with Crippen LogP contribution in [0.5, 0.6) is 0 Å². The van der Waals surface area contributed by atoms with E-state index in [2.05, 4.69) is 48.9 Å². The smallest absolute Gasteiger partial charge is 0.179 e. The normalized spacial score (nSPS) is 11.5. The summed E-state index contributed by atoms with van der Waals surface area (Å²) in [4.78, 5) is 12.5. The molecule has 0 fully saturated rings. The number of ketones is 1. The average molecular weight is 272 g/mol. The van der Waals surface area contributed by atoms with Gasteiger partial charge in [-0.25, -0.2) is 0 Å². The monoisotopic (exact) mass is 272 g/mol. The first-order valence-electron chi connectivity index (χ1n) is 7.30. The number of Topliss-reactive ketones (excluding diaryl/α,β-unsaturated/α-hetero) is 1. The van der Waals surface area contributed by atoms with Crippen LogP contribution >= 0.6 is 0 Å². The molecule has 0 unspecified atom stereocenters. The Morgan fingerprint density at radius 1 is 1.35 bits per heavy atom. The molecular formula is C17H24N2O. The van der Waals surface area contributed by atoms with Gasteiger partial charge in [-0.15, -0.1) is 0 Å². The van der Waals surface area contributed by atoms with Crippen LogP contribution in [0.4, 0.5) is 0 Å². The van der Waals surface area contributed by atoms with Crippen molar-refractivity contribution in [3.63, 3.8) is 0 Å². The Morgan fingerprint density at radius 3 is 2.65 bits per heavy atom. The van der Waals surface area contributed by atoms with Crippen molar-refractivity contribution < 1.29 is 4.79 Å². The highest BCUT2D eigenvalue weighted by Gasteiger charge is 2.18. The fraction of sp³-hybridized carbons (Fsp3) is 0.471. The Labute approximate surface area is 121 Å². The summed E-state index contributed by atoms with van der Waals surface area (Å²) in [5, 5.41) is 4.30. The minimum absolute atomic E-state index is 0.176. The summed E-state index contributed by atoms with van der Waals surface area (Å²) in [6.45, 7) is 8.66. The predicted octanol–water partition coefficient (Wildman–Crippen LogP) is 3.23. The van der Waals surface area contributed by atoms with Crippen molar-refractivity contribution in [3.8, 4) is 0 Å². The summed E-state index contributed by atoms with van der Waals surface area (Å²) >= 11 is 0. The number of carbonyl (C=O) groups excluding carboxylic acids is 1. The predicted molar refractivity (Wildman–Crippen MR) is 84.5 cm³/mol. The summed E-state index contributed by atoms with van der Waals surface area (Å²) in [6, 6.07) is 6.74. The Kier molecular flexibility index (Phi) is 4.29. The van der Waals surface area contributed by atoms with Crippen LogP contribution in [0, 0.1) is 6.92 Å². The third-order valence-electron chi connectivity index (χ3n) is 3.91. The summed E-state index contributed by atoms with van der Waals surface area (Å²) < 4.78 is 2.11. The molecule has 0 saturated carbocycles. The van der Waals surface area contributed by atoms with E-state index in [1.807, 2.05) is 14.0 Å². The molecule has 3 nitrogen and oxygen atoms in total. The molecule has 108 valence electrons. The van der Waals surface area contributed by atoms with Crippen LogP contribution in [0.15, 0.2) is 18.2 Å². The van der Waals surface area contributed by atoms with Crippen molar-refractivity contribution >= 4 is 16.7 Å². The van der Waals surface area contributed by atoms with E-state index < -0.39 is 0 Å². The standard InChI is InChI=1S/C17H24N2O/c1-6-13-7-8-15-14(9-13)17(12(4)19(15)5)16(20)10-18-11(2)3/h7-9,11,18H,6,10H2,1-5H3. The first-order chi connectivity index (χ1) is 9.45. The molecule has 1 N–H and O–H groups in total. The van der Waals surface area contributed by atoms with E-state index in [0.29, 0.717) is 12.6 Å². The summed E-state index contributed by atoms with van der Waals surface area (Å²) in [5.74, 6) is 0.176. The molecule has 3 heteroatoms. The number of aryl methyl sites for hydroxylation is 2. The van der Waals surface area contributed by atoms with Crippen LogP contribution in [0.2, 0.25) is 0 Å². The molecule has 1 aromatic heterocycles. The topological polar surface area (TPSA) is 34.0 Å². The molecule has 0 aliphatic heterocycles. The number of hydrogen-bond donors (Lipinski definition) is 1. The lowest BCUT2D eigenvalue weighted by atomic mass is 10.0. The summed E-state index contributed by atoms with van der Waals surface area (Å²) in [5.41, 5.74) is 4.32. The molecule has 1 aromatic carbocycles. The lowest BCUT2D eigenvalue weighted by Crippen LogP contribution is -2.29. The van der Waals surface area contributed by atoms with Gasteiger partial charge in [0.2, 0.25) is 0 Å². The molecule has 0 radical (unpaired) electrons. The highest BCUT2D eigenvalue weighted by molar-refractivity contribution is 6.10. The number of nitrogens with one attached hydrogen (secondary N) is 1. The summed E-state index contributed by atoms with van der Waals surface area (Å²) in [7, 11) is 2.02. The average Bonchev–Trinajstić information content (AvgIpc) is 2.68. The number of nitrogens with zero attached hydrogens (tertiary/aromatic N) is 1. The van der Waals surface area contributed by atoms with Crippen LogP contribution in [-0.2, 0) is 13.5 Å². The molecule has 1 heterocycles. The van der Waals surface area contributed by atoms with E-state index >= 15 is 0 Å². The van der Waals surface area contributed by atoms with Gasteiger partial charge in [0.05, 0.1) is 6.54 Å². The summed E-state index contributed by atoms with van der Waals surface area (Å²) in [6.07, 6.45) is 0.988. The zero-order valence-corrected chi connectivity index (χ0v) is 13.1. The molecular weight excluding hydrogens is 248 g/mol. The molecule has 2 aromatic rings. The highest BCUT2D eigenvalue weighted by Crippen LogP contribution is 2.26. The fourth-order valence-corrected chi connectivity index (χ4v) is 2.58. The van der Waals surface area contributed by atoms with Crippen molar-refractivity contribution in [2.45, 2.75) is 40.2 Å². The number of fused-ring (bicyclic) bond motifs is 1. The van der Waals surface area contributed by atoms with Crippen molar-refractivity contribution in [1.82, 2.24) is 9.88 Å². The molecule has 0 aliphatic carbocycles. The number of benzene rings is 1. The lowest BCUT2D eigenvalue weighted by molar-refractivity contribution is 0.0989. The second-order valence-corrected chi connectivity index (χ2v) is 5.68. The van der Waals surface area contributed by atoms with E-state index in [9.17, 15) is 4.79 Å². The lowest BCUT2D eigenvalue weighted by Gasteiger charge is -2.07. The van der Waals surface area contributed by atoms with Crippen LogP contribution in [-0.4, -0.2) is 22.9 Å². The van der Waals surface area contributed by atoms with E-state index in [0.717, 1.165) is 28.6 Å². The van der Waals surface area contributed by atoms with E-state index in [1.54, 1.807) is 0 Å². The van der Waals surface area contributed by atoms with E-state index in [1.165, 1.54) is 5.56 Å². The maximum absolute atomic E-state index is 12.5. The van der Waals surface area contributed by atoms with Crippen LogP contribution in [0.25, 0.3) is 10.9 Å². The second kappa shape index (κ2) is 5.80. The highest BCUT2D eigenvalue weighted by atomic mass is 16.1. The molecule has 2 rings (SSSR count). The van der Waals surface area contributed by atoms with Gasteiger partial charge in [-0.1, -0.05) is 26.8 Å². The van der Waals surface area contributed by atoms with Crippen LogP contribution in [0.1, 0.15) is 42.4 Å². The SMILES string of the molecule is CCc1ccc2c(c1)c(C(=O)CNC(C)C)c(C)n2C. The number of carbonyl (C=O) groups is 1. The molecule has 20 heavy (non-hydrogen) atoms. The Hall–Kier alpha value is -1.61. The van der Waals surface area contributed by atoms with Crippen molar-refractivity contribution in [2.24, 2.45) is 7.05 Å². The fourth-order valence-electron chi connectivity index (χ4n) is 2.58. The second-order valence-electron chi connectivity index (χ2n) is 5.68. The third kappa shape index (κ3) is 2.63. The molecule has 0 atom stereocenters. The first kappa shape index (κ1) is 14.8. The first-order valence-corrected chi connectivity index (χ1v) is 7.30. The number of rotatable bonds is 5. The zero-order chi connectivity index (χ0) is 14.9. The van der Waals surface area contributed by atoms with Crippen molar-refractivity contribution in [3.05, 3.63) is 35.0 Å². The third-order valence-corrected chi connectivity index (χ3v) is 3.91. The number of hydrogen-bond acceptors (Lipinski definition) is 2. The Morgan fingerprint density at radius 2 is 2.05 bits per heavy atom. The Bertz CT molecular complexity index is 638. The molecule has 0 spiro atoms. The van der Waals surface area contributed by atoms with Gasteiger partial charge in [0.1, 0.15) is 0 Å². The van der Waals surface area contributed by atoms with Gasteiger partial charge < -0.3 is 9.88 Å². The van der Waals surface area contributed by atoms with E-state index in [4.69, 9.17) is 0 Å². The van der Waals surface area contributed by atoms with Crippen LogP contribution < -0.4 is 5.32 Å². The maximum Gasteiger partial charge on any atom is 0.179 e. The van der Waals surface area contributed by atoms with Crippen molar-refractivity contribution in [2.75, 3.05) is 6.54 Å². The van der Waals surface area contributed by atoms with Gasteiger partial charge in [-0.2, -0.15) is 0 Å². The van der Waals surface area contributed by atoms with Gasteiger partial charge in [0, 0.05) is 35.2 Å². The van der Waals surface area contributed by atoms with Gasteiger partial charge in [0.25, 0.3) is 0 Å². The van der Waals surface area contributed by atoms with E-state index in [-0.39, 0.29) is 5.78 Å².